The van der Waals surface area contributed by atoms with Gasteiger partial charge in [0.2, 0.25) is 0 Å². The van der Waals surface area contributed by atoms with Crippen molar-refractivity contribution in [2.24, 2.45) is 0 Å². The molecule has 1 unspecified atom stereocenters. The van der Waals surface area contributed by atoms with Crippen molar-refractivity contribution in [3.8, 4) is 0 Å². The zero-order valence-electron chi connectivity index (χ0n) is 14.2. The number of halogens is 1. The van der Waals surface area contributed by atoms with Gasteiger partial charge in [0.25, 0.3) is 0 Å². The molecule has 1 rings (SSSR count). The minimum absolute atomic E-state index is 0. The summed E-state index contributed by atoms with van der Waals surface area (Å²) in [5.74, 6) is 0. The largest absolute Gasteiger partial charge is 1.00 e. The molecule has 0 fully saturated rings. The molecular weight excluding hydrogens is 371 g/mol. The van der Waals surface area contributed by atoms with Crippen LogP contribution >= 0.6 is 0 Å². The summed E-state index contributed by atoms with van der Waals surface area (Å²) >= 11 is 0. The van der Waals surface area contributed by atoms with E-state index in [4.69, 9.17) is 0 Å². The number of rotatable bonds is 10. The maximum absolute atomic E-state index is 3.51. The third-order valence-corrected chi connectivity index (χ3v) is 4.09. The van der Waals surface area contributed by atoms with Gasteiger partial charge in [-0.1, -0.05) is 32.4 Å². The van der Waals surface area contributed by atoms with Crippen molar-refractivity contribution < 1.29 is 24.0 Å². The van der Waals surface area contributed by atoms with Crippen LogP contribution in [0.15, 0.2) is 24.3 Å². The van der Waals surface area contributed by atoms with Gasteiger partial charge in [-0.15, -0.1) is 0 Å². The second kappa shape index (κ2) is 12.3. The Morgan fingerprint density at radius 1 is 1.14 bits per heavy atom. The Bertz CT molecular complexity index is 368. The van der Waals surface area contributed by atoms with Crippen LogP contribution in [0.5, 0.6) is 0 Å². The first-order valence-corrected chi connectivity index (χ1v) is 8.22. The smallest absolute Gasteiger partial charge is 0.0342 e. The molecule has 0 aliphatic heterocycles. The van der Waals surface area contributed by atoms with Crippen LogP contribution in [-0.4, -0.2) is 30.6 Å². The van der Waals surface area contributed by atoms with E-state index >= 15 is 0 Å². The summed E-state index contributed by atoms with van der Waals surface area (Å²) in [4.78, 5) is 2.59. The van der Waals surface area contributed by atoms with Gasteiger partial charge in [0.1, 0.15) is 0 Å². The van der Waals surface area contributed by atoms with Crippen LogP contribution in [0.3, 0.4) is 0 Å². The number of hydrogen-bond donors (Lipinski definition) is 1. The van der Waals surface area contributed by atoms with Crippen molar-refractivity contribution in [1.29, 1.82) is 0 Å². The van der Waals surface area contributed by atoms with E-state index in [0.717, 1.165) is 12.6 Å². The van der Waals surface area contributed by atoms with Gasteiger partial charge in [-0.25, -0.2) is 0 Å². The molecule has 0 heterocycles. The minimum Gasteiger partial charge on any atom is -1.00 e. The minimum atomic E-state index is 0. The summed E-state index contributed by atoms with van der Waals surface area (Å²) in [6.07, 6.45) is 5.13. The van der Waals surface area contributed by atoms with Gasteiger partial charge in [0.05, 0.1) is 0 Å². The van der Waals surface area contributed by atoms with Crippen LogP contribution in [0.4, 0.5) is 5.69 Å². The highest BCUT2D eigenvalue weighted by molar-refractivity contribution is 5.45. The highest BCUT2D eigenvalue weighted by atomic mass is 127. The van der Waals surface area contributed by atoms with Crippen molar-refractivity contribution in [2.45, 2.75) is 59.4 Å². The lowest BCUT2D eigenvalue weighted by Gasteiger charge is -2.26. The van der Waals surface area contributed by atoms with E-state index in [1.165, 1.54) is 50.0 Å². The maximum Gasteiger partial charge on any atom is 0.0342 e. The summed E-state index contributed by atoms with van der Waals surface area (Å²) < 4.78 is 0. The van der Waals surface area contributed by atoms with Crippen molar-refractivity contribution in [3.63, 3.8) is 0 Å². The number of nitrogens with zero attached hydrogens (tertiary/aromatic N) is 1. The number of unbranched alkanes of at least 4 members (excludes halogenated alkanes) is 2. The van der Waals surface area contributed by atoms with Crippen molar-refractivity contribution >= 4 is 5.69 Å². The predicted octanol–water partition coefficient (Wildman–Crippen LogP) is 1.70. The van der Waals surface area contributed by atoms with Crippen LogP contribution in [0, 0.1) is 6.92 Å². The molecule has 0 aliphatic rings. The third-order valence-electron chi connectivity index (χ3n) is 4.09. The average molecular weight is 403 g/mol. The van der Waals surface area contributed by atoms with Gasteiger partial charge in [-0.3, -0.25) is 0 Å². The highest BCUT2D eigenvalue weighted by Crippen LogP contribution is 2.10. The van der Waals surface area contributed by atoms with Crippen molar-refractivity contribution in [1.82, 2.24) is 4.90 Å². The fourth-order valence-electron chi connectivity index (χ4n) is 2.55. The van der Waals surface area contributed by atoms with E-state index in [1.807, 2.05) is 0 Å². The Hall–Kier alpha value is -0.290. The lowest BCUT2D eigenvalue weighted by Crippen LogP contribution is -3.00. The van der Waals surface area contributed by atoms with Gasteiger partial charge in [0.15, 0.2) is 0 Å². The lowest BCUT2D eigenvalue weighted by atomic mass is 10.1. The van der Waals surface area contributed by atoms with E-state index in [2.05, 4.69) is 62.2 Å². The van der Waals surface area contributed by atoms with Crippen LogP contribution < -0.4 is 29.3 Å². The van der Waals surface area contributed by atoms with Crippen LogP contribution in [0.25, 0.3) is 0 Å². The number of nitrogens with one attached hydrogen (secondary N) is 1. The topological polar surface area (TPSA) is 15.3 Å². The van der Waals surface area contributed by atoms with Crippen LogP contribution in [0.2, 0.25) is 0 Å². The summed E-state index contributed by atoms with van der Waals surface area (Å²) in [7, 11) is 0. The summed E-state index contributed by atoms with van der Waals surface area (Å²) in [6, 6.07) is 9.34. The molecule has 0 aromatic heterocycles. The van der Waals surface area contributed by atoms with Crippen molar-refractivity contribution in [3.05, 3.63) is 29.8 Å². The van der Waals surface area contributed by atoms with E-state index < -0.39 is 0 Å². The van der Waals surface area contributed by atoms with Crippen LogP contribution in [0.1, 0.15) is 52.0 Å². The molecule has 122 valence electrons. The molecule has 2 nitrogen and oxygen atoms in total. The normalized spacial score (nSPS) is 12.0. The highest BCUT2D eigenvalue weighted by Gasteiger charge is 2.08. The molecule has 0 radical (unpaired) electrons. The first-order chi connectivity index (χ1) is 9.67. The van der Waals surface area contributed by atoms with Crippen LogP contribution in [-0.2, 0) is 0 Å². The zero-order chi connectivity index (χ0) is 14.8. The second-order valence-electron chi connectivity index (χ2n) is 5.74. The molecule has 0 saturated heterocycles. The first-order valence-electron chi connectivity index (χ1n) is 8.22. The van der Waals surface area contributed by atoms with E-state index in [1.54, 1.807) is 0 Å². The monoisotopic (exact) mass is 403 g/mol. The fraction of sp³-hybridized carbons (Fsp3) is 0.667. The Labute approximate surface area is 148 Å². The average Bonchev–Trinajstić information content (AvgIpc) is 2.46. The zero-order valence-corrected chi connectivity index (χ0v) is 16.3. The number of hydrogen-bond acceptors (Lipinski definition) is 2. The van der Waals surface area contributed by atoms with E-state index in [9.17, 15) is 0 Å². The molecule has 3 heteroatoms. The number of anilines is 1. The van der Waals surface area contributed by atoms with Gasteiger partial charge in [-0.05, 0) is 63.9 Å². The molecule has 1 aromatic rings. The molecule has 0 spiro atoms. The Kier molecular flexibility index (Phi) is 12.1. The molecule has 0 saturated carbocycles. The van der Waals surface area contributed by atoms with Gasteiger partial charge >= 0.3 is 0 Å². The molecule has 0 amide bonds. The molecule has 1 atom stereocenters. The summed E-state index contributed by atoms with van der Waals surface area (Å²) in [5.41, 5.74) is 2.57. The quantitative estimate of drug-likeness (QED) is 0.473. The summed E-state index contributed by atoms with van der Waals surface area (Å²) in [5, 5.41) is 3.51. The Balaban J connectivity index is 0.00000400. The van der Waals surface area contributed by atoms with Gasteiger partial charge in [-0.2, -0.15) is 0 Å². The maximum atomic E-state index is 3.51. The fourth-order valence-corrected chi connectivity index (χ4v) is 2.55. The summed E-state index contributed by atoms with van der Waals surface area (Å²) in [6.45, 7) is 12.5. The number of benzene rings is 1. The SMILES string of the molecule is CCC(C)N(CC)CCCCCNc1cccc(C)c1.[I-]. The molecule has 1 N–H and O–H groups in total. The third kappa shape index (κ3) is 8.67. The molecule has 21 heavy (non-hydrogen) atoms. The van der Waals surface area contributed by atoms with Gasteiger partial charge < -0.3 is 34.2 Å². The molecule has 0 bridgehead atoms. The Morgan fingerprint density at radius 2 is 1.90 bits per heavy atom. The van der Waals surface area contributed by atoms with Crippen molar-refractivity contribution in [2.75, 3.05) is 25.0 Å². The molecule has 0 aliphatic carbocycles. The standard InChI is InChI=1S/C18H32N2.HI/c1-5-17(4)20(6-2)14-9-7-8-13-19-18-12-10-11-16(3)15-18;/h10-12,15,17,19H,5-9,13-14H2,1-4H3;1H/p-1. The van der Waals surface area contributed by atoms with Gasteiger partial charge in [0, 0.05) is 18.3 Å². The predicted molar refractivity (Wildman–Crippen MR) is 90.5 cm³/mol. The molecular formula is C18H32IN2-. The Morgan fingerprint density at radius 3 is 2.52 bits per heavy atom. The second-order valence-corrected chi connectivity index (χ2v) is 5.74. The lowest BCUT2D eigenvalue weighted by molar-refractivity contribution is -0.00000456. The molecule has 1 aromatic carbocycles. The van der Waals surface area contributed by atoms with E-state index in [0.29, 0.717) is 0 Å². The number of aryl methyl sites for hydroxylation is 1. The van der Waals surface area contributed by atoms with E-state index in [-0.39, 0.29) is 24.0 Å². The first kappa shape index (κ1) is 20.7.